The van der Waals surface area contributed by atoms with Crippen LogP contribution >= 0.6 is 0 Å². The first-order chi connectivity index (χ1) is 8.70. The van der Waals surface area contributed by atoms with Gasteiger partial charge in [-0.25, -0.2) is 0 Å². The zero-order valence-electron chi connectivity index (χ0n) is 10.6. The number of allylic oxidation sites excluding steroid dienone is 1. The van der Waals surface area contributed by atoms with E-state index in [1.54, 1.807) is 6.20 Å². The van der Waals surface area contributed by atoms with Crippen molar-refractivity contribution >= 4 is 22.5 Å². The third-order valence-electron chi connectivity index (χ3n) is 2.73. The number of benzene rings is 1. The van der Waals surface area contributed by atoms with E-state index in [9.17, 15) is 4.79 Å². The molecule has 2 aromatic rings. The molecule has 0 fully saturated rings. The lowest BCUT2D eigenvalue weighted by Gasteiger charge is -2.06. The maximum atomic E-state index is 11.8. The number of carbonyl (C=O) groups excluding carboxylic acids is 1. The predicted molar refractivity (Wildman–Crippen MR) is 74.4 cm³/mol. The second kappa shape index (κ2) is 5.45. The van der Waals surface area contributed by atoms with Crippen LogP contribution in [0.1, 0.15) is 20.3 Å². The molecule has 0 saturated carbocycles. The van der Waals surface area contributed by atoms with Gasteiger partial charge in [-0.1, -0.05) is 19.1 Å². The zero-order valence-corrected chi connectivity index (χ0v) is 10.6. The van der Waals surface area contributed by atoms with Gasteiger partial charge in [0.25, 0.3) is 5.91 Å². The fraction of sp³-hybridized carbons (Fsp3) is 0.200. The quantitative estimate of drug-likeness (QED) is 0.834. The second-order valence-corrected chi connectivity index (χ2v) is 4.16. The Balaban J connectivity index is 2.22. The summed E-state index contributed by atoms with van der Waals surface area (Å²) in [5.41, 5.74) is 2.46. The first-order valence-electron chi connectivity index (χ1n) is 6.03. The van der Waals surface area contributed by atoms with Gasteiger partial charge in [-0.3, -0.25) is 9.78 Å². The molecule has 18 heavy (non-hydrogen) atoms. The van der Waals surface area contributed by atoms with Crippen LogP contribution < -0.4 is 5.32 Å². The van der Waals surface area contributed by atoms with Crippen LogP contribution in [-0.4, -0.2) is 10.9 Å². The van der Waals surface area contributed by atoms with Crippen LogP contribution in [0.4, 0.5) is 5.69 Å². The highest BCUT2D eigenvalue weighted by atomic mass is 16.1. The lowest BCUT2D eigenvalue weighted by Crippen LogP contribution is -2.12. The van der Waals surface area contributed by atoms with Crippen molar-refractivity contribution in [2.24, 2.45) is 0 Å². The van der Waals surface area contributed by atoms with Gasteiger partial charge in [0.1, 0.15) is 0 Å². The fourth-order valence-electron chi connectivity index (χ4n) is 1.78. The van der Waals surface area contributed by atoms with Gasteiger partial charge in [0.15, 0.2) is 0 Å². The number of nitrogens with one attached hydrogen (secondary N) is 1. The standard InChI is InChI=1S/C15H16N2O/c1-3-5-11(2)15(18)17-13-7-8-14-12(10-13)6-4-9-16-14/h4-10H,3H2,1-2H3,(H,17,18). The highest BCUT2D eigenvalue weighted by Gasteiger charge is 2.04. The molecule has 1 aromatic heterocycles. The van der Waals surface area contributed by atoms with Gasteiger partial charge in [-0.05, 0) is 37.6 Å². The minimum absolute atomic E-state index is 0.0555. The van der Waals surface area contributed by atoms with Crippen LogP contribution in [0.2, 0.25) is 0 Å². The smallest absolute Gasteiger partial charge is 0.250 e. The minimum Gasteiger partial charge on any atom is -0.322 e. The maximum Gasteiger partial charge on any atom is 0.250 e. The monoisotopic (exact) mass is 240 g/mol. The van der Waals surface area contributed by atoms with E-state index >= 15 is 0 Å². The van der Waals surface area contributed by atoms with Crippen molar-refractivity contribution in [1.82, 2.24) is 4.98 Å². The van der Waals surface area contributed by atoms with E-state index in [1.807, 2.05) is 50.3 Å². The molecule has 0 bridgehead atoms. The summed E-state index contributed by atoms with van der Waals surface area (Å²) in [5, 5.41) is 3.90. The maximum absolute atomic E-state index is 11.8. The number of carbonyl (C=O) groups is 1. The molecule has 0 radical (unpaired) electrons. The Morgan fingerprint density at radius 1 is 1.39 bits per heavy atom. The number of anilines is 1. The Bertz CT molecular complexity index is 602. The molecule has 0 unspecified atom stereocenters. The van der Waals surface area contributed by atoms with Crippen LogP contribution in [0.5, 0.6) is 0 Å². The summed E-state index contributed by atoms with van der Waals surface area (Å²) in [7, 11) is 0. The second-order valence-electron chi connectivity index (χ2n) is 4.16. The Kier molecular flexibility index (Phi) is 3.72. The molecule has 1 heterocycles. The number of hydrogen-bond donors (Lipinski definition) is 1. The van der Waals surface area contributed by atoms with Crippen LogP contribution in [-0.2, 0) is 4.79 Å². The average Bonchev–Trinajstić information content (AvgIpc) is 2.39. The highest BCUT2D eigenvalue weighted by Crippen LogP contribution is 2.17. The van der Waals surface area contributed by atoms with Crippen LogP contribution in [0.25, 0.3) is 10.9 Å². The molecule has 3 nitrogen and oxygen atoms in total. The molecule has 1 aromatic carbocycles. The van der Waals surface area contributed by atoms with E-state index in [4.69, 9.17) is 0 Å². The fourth-order valence-corrected chi connectivity index (χ4v) is 1.78. The van der Waals surface area contributed by atoms with Crippen molar-refractivity contribution in [2.75, 3.05) is 5.32 Å². The molecule has 1 amide bonds. The summed E-state index contributed by atoms with van der Waals surface area (Å²) in [6, 6.07) is 9.57. The number of pyridine rings is 1. The van der Waals surface area contributed by atoms with Crippen LogP contribution in [0.15, 0.2) is 48.2 Å². The van der Waals surface area contributed by atoms with Gasteiger partial charge in [0.05, 0.1) is 5.52 Å². The first kappa shape index (κ1) is 12.3. The molecule has 0 atom stereocenters. The molecule has 0 aliphatic carbocycles. The third kappa shape index (κ3) is 2.74. The van der Waals surface area contributed by atoms with Crippen molar-refractivity contribution < 1.29 is 4.79 Å². The first-order valence-corrected chi connectivity index (χ1v) is 6.03. The zero-order chi connectivity index (χ0) is 13.0. The van der Waals surface area contributed by atoms with Crippen LogP contribution in [0, 0.1) is 0 Å². The van der Waals surface area contributed by atoms with E-state index in [1.165, 1.54) is 0 Å². The van der Waals surface area contributed by atoms with E-state index < -0.39 is 0 Å². The molecule has 0 spiro atoms. The molecule has 92 valence electrons. The Morgan fingerprint density at radius 3 is 3.00 bits per heavy atom. The highest BCUT2D eigenvalue weighted by molar-refractivity contribution is 6.04. The number of hydrogen-bond acceptors (Lipinski definition) is 2. The number of aromatic nitrogens is 1. The molecule has 0 aliphatic rings. The van der Waals surface area contributed by atoms with E-state index in [0.717, 1.165) is 28.6 Å². The average molecular weight is 240 g/mol. The Morgan fingerprint density at radius 2 is 2.22 bits per heavy atom. The van der Waals surface area contributed by atoms with Gasteiger partial charge >= 0.3 is 0 Å². The summed E-state index contributed by atoms with van der Waals surface area (Å²) in [5.74, 6) is -0.0555. The molecule has 1 N–H and O–H groups in total. The van der Waals surface area contributed by atoms with Crippen molar-refractivity contribution in [3.8, 4) is 0 Å². The van der Waals surface area contributed by atoms with E-state index in [2.05, 4.69) is 10.3 Å². The third-order valence-corrected chi connectivity index (χ3v) is 2.73. The summed E-state index contributed by atoms with van der Waals surface area (Å²) >= 11 is 0. The molecule has 2 rings (SSSR count). The van der Waals surface area contributed by atoms with Gasteiger partial charge in [0, 0.05) is 22.8 Å². The van der Waals surface area contributed by atoms with Crippen LogP contribution in [0.3, 0.4) is 0 Å². The van der Waals surface area contributed by atoms with Crippen molar-refractivity contribution in [3.05, 3.63) is 48.2 Å². The summed E-state index contributed by atoms with van der Waals surface area (Å²) < 4.78 is 0. The lowest BCUT2D eigenvalue weighted by atomic mass is 10.2. The molecule has 3 heteroatoms. The van der Waals surface area contributed by atoms with Gasteiger partial charge in [-0.2, -0.15) is 0 Å². The topological polar surface area (TPSA) is 42.0 Å². The van der Waals surface area contributed by atoms with Gasteiger partial charge < -0.3 is 5.32 Å². The van der Waals surface area contributed by atoms with E-state index in [-0.39, 0.29) is 5.91 Å². The normalized spacial score (nSPS) is 11.6. The summed E-state index contributed by atoms with van der Waals surface area (Å²) in [6.45, 7) is 3.83. The Labute approximate surface area is 107 Å². The molecular formula is C15H16N2O. The predicted octanol–water partition coefficient (Wildman–Crippen LogP) is 3.53. The van der Waals surface area contributed by atoms with Gasteiger partial charge in [-0.15, -0.1) is 0 Å². The van der Waals surface area contributed by atoms with Crippen molar-refractivity contribution in [3.63, 3.8) is 0 Å². The Hall–Kier alpha value is -2.16. The van der Waals surface area contributed by atoms with Gasteiger partial charge in [0.2, 0.25) is 0 Å². The number of nitrogens with zero attached hydrogens (tertiary/aromatic N) is 1. The SMILES string of the molecule is CCC=C(C)C(=O)Nc1ccc2ncccc2c1. The largest absolute Gasteiger partial charge is 0.322 e. The number of fused-ring (bicyclic) bond motifs is 1. The lowest BCUT2D eigenvalue weighted by molar-refractivity contribution is -0.112. The summed E-state index contributed by atoms with van der Waals surface area (Å²) in [6.07, 6.45) is 4.54. The molecule has 0 saturated heterocycles. The van der Waals surface area contributed by atoms with E-state index in [0.29, 0.717) is 0 Å². The number of amides is 1. The summed E-state index contributed by atoms with van der Waals surface area (Å²) in [4.78, 5) is 16.1. The molecule has 0 aliphatic heterocycles. The van der Waals surface area contributed by atoms with Crippen molar-refractivity contribution in [2.45, 2.75) is 20.3 Å². The number of rotatable bonds is 3. The molecular weight excluding hydrogens is 224 g/mol. The van der Waals surface area contributed by atoms with Crippen molar-refractivity contribution in [1.29, 1.82) is 0 Å². The minimum atomic E-state index is -0.0555.